The summed E-state index contributed by atoms with van der Waals surface area (Å²) < 4.78 is 0. The van der Waals surface area contributed by atoms with E-state index in [4.69, 9.17) is 0 Å². The molecule has 18 heavy (non-hydrogen) atoms. The average molecular weight is 268 g/mol. The lowest BCUT2D eigenvalue weighted by atomic mass is 10.2. The number of aromatic nitrogens is 1. The van der Waals surface area contributed by atoms with Crippen LogP contribution < -0.4 is 10.2 Å². The van der Waals surface area contributed by atoms with Crippen molar-refractivity contribution >= 4 is 16.5 Å². The number of nitrogens with one attached hydrogen (secondary N) is 1. The monoisotopic (exact) mass is 268 g/mol. The van der Waals surface area contributed by atoms with Gasteiger partial charge in [0, 0.05) is 36.8 Å². The minimum absolute atomic E-state index is 0.676. The van der Waals surface area contributed by atoms with Crippen molar-refractivity contribution in [1.82, 2.24) is 15.2 Å². The SMILES string of the molecule is CCCNCc1cnc(N2CCC(N(C)C)C2)s1. The maximum atomic E-state index is 4.56. The van der Waals surface area contributed by atoms with Crippen molar-refractivity contribution in [3.05, 3.63) is 11.1 Å². The van der Waals surface area contributed by atoms with Gasteiger partial charge in [-0.25, -0.2) is 4.98 Å². The zero-order valence-electron chi connectivity index (χ0n) is 11.6. The number of hydrogen-bond acceptors (Lipinski definition) is 5. The van der Waals surface area contributed by atoms with Gasteiger partial charge in [0.1, 0.15) is 0 Å². The molecule has 1 atom stereocenters. The van der Waals surface area contributed by atoms with Crippen LogP contribution in [0.15, 0.2) is 6.20 Å². The van der Waals surface area contributed by atoms with Crippen LogP contribution in [-0.4, -0.2) is 49.7 Å². The Bertz CT molecular complexity index is 364. The summed E-state index contributed by atoms with van der Waals surface area (Å²) in [7, 11) is 4.33. The quantitative estimate of drug-likeness (QED) is 0.797. The molecule has 0 bridgehead atoms. The van der Waals surface area contributed by atoms with Gasteiger partial charge in [-0.1, -0.05) is 6.92 Å². The molecule has 0 aliphatic carbocycles. The van der Waals surface area contributed by atoms with E-state index in [0.717, 1.165) is 26.2 Å². The maximum absolute atomic E-state index is 4.56. The van der Waals surface area contributed by atoms with Crippen molar-refractivity contribution in [2.24, 2.45) is 0 Å². The summed E-state index contributed by atoms with van der Waals surface area (Å²) in [6, 6.07) is 0.676. The van der Waals surface area contributed by atoms with Gasteiger partial charge in [0.2, 0.25) is 0 Å². The summed E-state index contributed by atoms with van der Waals surface area (Å²) in [5.41, 5.74) is 0. The van der Waals surface area contributed by atoms with E-state index in [2.05, 4.69) is 41.1 Å². The second-order valence-electron chi connectivity index (χ2n) is 5.14. The first-order valence-corrected chi connectivity index (χ1v) is 7.59. The molecule has 1 unspecified atom stereocenters. The van der Waals surface area contributed by atoms with Crippen LogP contribution >= 0.6 is 11.3 Å². The van der Waals surface area contributed by atoms with E-state index in [0.29, 0.717) is 6.04 Å². The number of nitrogens with zero attached hydrogens (tertiary/aromatic N) is 3. The molecule has 0 aromatic carbocycles. The average Bonchev–Trinajstić information content (AvgIpc) is 2.97. The molecule has 5 heteroatoms. The minimum atomic E-state index is 0.676. The van der Waals surface area contributed by atoms with Gasteiger partial charge >= 0.3 is 0 Å². The molecule has 1 saturated heterocycles. The number of hydrogen-bond donors (Lipinski definition) is 1. The van der Waals surface area contributed by atoms with Crippen molar-refractivity contribution in [3.8, 4) is 0 Å². The molecule has 1 fully saturated rings. The number of anilines is 1. The Morgan fingerprint density at radius 1 is 1.56 bits per heavy atom. The second kappa shape index (κ2) is 6.50. The van der Waals surface area contributed by atoms with Gasteiger partial charge < -0.3 is 15.1 Å². The van der Waals surface area contributed by atoms with Crippen LogP contribution in [0.4, 0.5) is 5.13 Å². The molecule has 4 nitrogen and oxygen atoms in total. The molecule has 1 N–H and O–H groups in total. The van der Waals surface area contributed by atoms with Crippen molar-refractivity contribution < 1.29 is 0 Å². The summed E-state index contributed by atoms with van der Waals surface area (Å²) in [6.45, 7) is 6.48. The summed E-state index contributed by atoms with van der Waals surface area (Å²) in [5, 5.41) is 4.61. The van der Waals surface area contributed by atoms with E-state index in [1.165, 1.54) is 22.9 Å². The molecule has 0 spiro atoms. The van der Waals surface area contributed by atoms with Crippen LogP contribution in [0.1, 0.15) is 24.6 Å². The van der Waals surface area contributed by atoms with E-state index in [-0.39, 0.29) is 0 Å². The third kappa shape index (κ3) is 3.43. The Labute approximate surface area is 114 Å². The van der Waals surface area contributed by atoms with Crippen molar-refractivity contribution in [2.75, 3.05) is 38.6 Å². The van der Waals surface area contributed by atoms with Gasteiger partial charge in [-0.3, -0.25) is 0 Å². The fourth-order valence-electron chi connectivity index (χ4n) is 2.25. The van der Waals surface area contributed by atoms with E-state index < -0.39 is 0 Å². The van der Waals surface area contributed by atoms with Gasteiger partial charge in [-0.2, -0.15) is 0 Å². The summed E-state index contributed by atoms with van der Waals surface area (Å²) in [6.07, 6.45) is 4.45. The number of likely N-dealkylation sites (N-methyl/N-ethyl adjacent to an activating group) is 1. The molecule has 2 heterocycles. The fraction of sp³-hybridized carbons (Fsp3) is 0.769. The highest BCUT2D eigenvalue weighted by Crippen LogP contribution is 2.26. The second-order valence-corrected chi connectivity index (χ2v) is 6.23. The van der Waals surface area contributed by atoms with Crippen LogP contribution in [0, 0.1) is 0 Å². The Morgan fingerprint density at radius 2 is 2.39 bits per heavy atom. The first-order valence-electron chi connectivity index (χ1n) is 6.77. The third-order valence-corrected chi connectivity index (χ3v) is 4.49. The summed E-state index contributed by atoms with van der Waals surface area (Å²) >= 11 is 1.83. The highest BCUT2D eigenvalue weighted by atomic mass is 32.1. The standard InChI is InChI=1S/C13H24N4S/c1-4-6-14-8-12-9-15-13(18-12)17-7-5-11(10-17)16(2)3/h9,11,14H,4-8,10H2,1-3H3. The van der Waals surface area contributed by atoms with Crippen LogP contribution in [0.3, 0.4) is 0 Å². The molecule has 0 saturated carbocycles. The Balaban J connectivity index is 1.86. The van der Waals surface area contributed by atoms with Gasteiger partial charge in [0.15, 0.2) is 5.13 Å². The van der Waals surface area contributed by atoms with Crippen LogP contribution in [0.5, 0.6) is 0 Å². The molecule has 1 aromatic heterocycles. The van der Waals surface area contributed by atoms with Crippen molar-refractivity contribution in [3.63, 3.8) is 0 Å². The Hall–Kier alpha value is -0.650. The molecule has 0 amide bonds. The van der Waals surface area contributed by atoms with Gasteiger partial charge in [0.25, 0.3) is 0 Å². The molecule has 0 radical (unpaired) electrons. The predicted molar refractivity (Wildman–Crippen MR) is 78.4 cm³/mol. The lowest BCUT2D eigenvalue weighted by Gasteiger charge is -2.19. The third-order valence-electron chi connectivity index (χ3n) is 3.43. The normalized spacial score (nSPS) is 20.0. The lowest BCUT2D eigenvalue weighted by molar-refractivity contribution is 0.315. The highest BCUT2D eigenvalue weighted by Gasteiger charge is 2.25. The van der Waals surface area contributed by atoms with E-state index >= 15 is 0 Å². The molecule has 1 aliphatic heterocycles. The van der Waals surface area contributed by atoms with E-state index in [1.807, 2.05) is 17.5 Å². The van der Waals surface area contributed by atoms with Gasteiger partial charge in [-0.15, -0.1) is 11.3 Å². The molecular weight excluding hydrogens is 244 g/mol. The van der Waals surface area contributed by atoms with Gasteiger partial charge in [-0.05, 0) is 33.5 Å². The first-order chi connectivity index (χ1) is 8.70. The minimum Gasteiger partial charge on any atom is -0.346 e. The Morgan fingerprint density at radius 3 is 3.06 bits per heavy atom. The first kappa shape index (κ1) is 13.8. The van der Waals surface area contributed by atoms with Crippen LogP contribution in [-0.2, 0) is 6.54 Å². The highest BCUT2D eigenvalue weighted by molar-refractivity contribution is 7.15. The largest absolute Gasteiger partial charge is 0.346 e. The summed E-state index contributed by atoms with van der Waals surface area (Å²) in [5.74, 6) is 0. The molecule has 2 rings (SSSR count). The van der Waals surface area contributed by atoms with Crippen molar-refractivity contribution in [2.45, 2.75) is 32.4 Å². The topological polar surface area (TPSA) is 31.4 Å². The van der Waals surface area contributed by atoms with Crippen LogP contribution in [0.25, 0.3) is 0 Å². The number of thiazole rings is 1. The molecule has 1 aliphatic rings. The zero-order valence-corrected chi connectivity index (χ0v) is 12.5. The van der Waals surface area contributed by atoms with E-state index in [1.54, 1.807) is 0 Å². The molecule has 102 valence electrons. The number of rotatable bonds is 6. The molecular formula is C13H24N4S. The van der Waals surface area contributed by atoms with Gasteiger partial charge in [0.05, 0.1) is 0 Å². The zero-order chi connectivity index (χ0) is 13.0. The summed E-state index contributed by atoms with van der Waals surface area (Å²) in [4.78, 5) is 10.6. The Kier molecular flexibility index (Phi) is 4.97. The maximum Gasteiger partial charge on any atom is 0.185 e. The van der Waals surface area contributed by atoms with Crippen molar-refractivity contribution in [1.29, 1.82) is 0 Å². The predicted octanol–water partition coefficient (Wildman–Crippen LogP) is 1.78. The van der Waals surface area contributed by atoms with E-state index in [9.17, 15) is 0 Å². The molecule has 1 aromatic rings. The van der Waals surface area contributed by atoms with Crippen LogP contribution in [0.2, 0.25) is 0 Å². The fourth-order valence-corrected chi connectivity index (χ4v) is 3.17. The smallest absolute Gasteiger partial charge is 0.185 e. The lowest BCUT2D eigenvalue weighted by Crippen LogP contribution is -2.31.